The van der Waals surface area contributed by atoms with Gasteiger partial charge in [0.25, 0.3) is 11.8 Å². The SMILES string of the molecule is O=C1NC(=O)N(C2CCCC2)C(=O)/C1=C\c1cn(CCOc2ccc(Cl)cc2)c2ccccc12. The van der Waals surface area contributed by atoms with Gasteiger partial charge < -0.3 is 9.30 Å². The zero-order valence-electron chi connectivity index (χ0n) is 18.5. The molecule has 1 N–H and O–H groups in total. The largest absolute Gasteiger partial charge is 0.492 e. The predicted molar refractivity (Wildman–Crippen MR) is 130 cm³/mol. The maximum Gasteiger partial charge on any atom is 0.331 e. The standard InChI is InChI=1S/C26H24ClN3O4/c27-18-9-11-20(12-10-18)34-14-13-29-16-17(21-7-3-4-8-23(21)29)15-22-24(31)28-26(33)30(25(22)32)19-5-1-2-6-19/h3-4,7-12,15-16,19H,1-2,5-6,13-14H2,(H,28,31,33)/b22-15-. The molecule has 1 saturated heterocycles. The minimum Gasteiger partial charge on any atom is -0.492 e. The second-order valence-corrected chi connectivity index (χ2v) is 8.96. The van der Waals surface area contributed by atoms with E-state index < -0.39 is 17.8 Å². The highest BCUT2D eigenvalue weighted by Crippen LogP contribution is 2.29. The van der Waals surface area contributed by atoms with Crippen molar-refractivity contribution < 1.29 is 19.1 Å². The van der Waals surface area contributed by atoms with Gasteiger partial charge in [0.1, 0.15) is 17.9 Å². The van der Waals surface area contributed by atoms with Crippen LogP contribution >= 0.6 is 11.6 Å². The molecule has 1 aliphatic carbocycles. The number of halogens is 1. The van der Waals surface area contributed by atoms with Crippen LogP contribution in [0.5, 0.6) is 5.75 Å². The fourth-order valence-corrected chi connectivity index (χ4v) is 4.81. The number of hydrogen-bond acceptors (Lipinski definition) is 4. The first kappa shape index (κ1) is 22.2. The zero-order valence-corrected chi connectivity index (χ0v) is 19.3. The van der Waals surface area contributed by atoms with Crippen LogP contribution in [0.3, 0.4) is 0 Å². The smallest absolute Gasteiger partial charge is 0.331 e. The number of amides is 4. The quantitative estimate of drug-likeness (QED) is 0.409. The third-order valence-electron chi connectivity index (χ3n) is 6.36. The Hall–Kier alpha value is -3.58. The van der Waals surface area contributed by atoms with E-state index >= 15 is 0 Å². The van der Waals surface area contributed by atoms with Crippen LogP contribution in [-0.4, -0.2) is 40.0 Å². The molecular formula is C26H24ClN3O4. The fraction of sp³-hybridized carbons (Fsp3) is 0.269. The first-order chi connectivity index (χ1) is 16.5. The Bertz CT molecular complexity index is 1290. The summed E-state index contributed by atoms with van der Waals surface area (Å²) in [7, 11) is 0. The summed E-state index contributed by atoms with van der Waals surface area (Å²) in [5, 5.41) is 3.90. The molecule has 1 aromatic heterocycles. The van der Waals surface area contributed by atoms with E-state index in [1.807, 2.05) is 47.2 Å². The molecule has 7 nitrogen and oxygen atoms in total. The van der Waals surface area contributed by atoms with E-state index in [4.69, 9.17) is 16.3 Å². The Balaban J connectivity index is 1.41. The van der Waals surface area contributed by atoms with Gasteiger partial charge in [0, 0.05) is 33.7 Å². The van der Waals surface area contributed by atoms with Crippen LogP contribution in [0.2, 0.25) is 5.02 Å². The number of ether oxygens (including phenoxy) is 1. The Kier molecular flexibility index (Phi) is 6.11. The number of fused-ring (bicyclic) bond motifs is 1. The normalized spacial score (nSPS) is 18.2. The first-order valence-corrected chi connectivity index (χ1v) is 11.8. The predicted octanol–water partition coefficient (Wildman–Crippen LogP) is 4.78. The molecule has 0 bridgehead atoms. The van der Waals surface area contributed by atoms with Crippen LogP contribution in [0.25, 0.3) is 17.0 Å². The van der Waals surface area contributed by atoms with Gasteiger partial charge in [-0.2, -0.15) is 0 Å². The number of carbonyl (C=O) groups excluding carboxylic acids is 3. The van der Waals surface area contributed by atoms with E-state index in [1.165, 1.54) is 4.90 Å². The van der Waals surface area contributed by atoms with Crippen molar-refractivity contribution in [2.45, 2.75) is 38.3 Å². The van der Waals surface area contributed by atoms with Gasteiger partial charge in [-0.25, -0.2) is 4.79 Å². The lowest BCUT2D eigenvalue weighted by molar-refractivity contribution is -0.131. The molecule has 3 aromatic rings. The molecule has 4 amide bonds. The lowest BCUT2D eigenvalue weighted by atomic mass is 10.0. The number of benzene rings is 2. The second-order valence-electron chi connectivity index (χ2n) is 8.53. The molecule has 34 heavy (non-hydrogen) atoms. The van der Waals surface area contributed by atoms with E-state index in [0.29, 0.717) is 18.2 Å². The highest BCUT2D eigenvalue weighted by atomic mass is 35.5. The maximum atomic E-state index is 13.2. The third kappa shape index (κ3) is 4.31. The molecule has 1 aliphatic heterocycles. The molecule has 2 fully saturated rings. The molecule has 0 spiro atoms. The van der Waals surface area contributed by atoms with Crippen LogP contribution in [-0.2, 0) is 16.1 Å². The van der Waals surface area contributed by atoms with Crippen molar-refractivity contribution in [2.75, 3.05) is 6.61 Å². The highest BCUT2D eigenvalue weighted by molar-refractivity contribution is 6.31. The molecule has 0 unspecified atom stereocenters. The number of barbiturate groups is 1. The Morgan fingerprint density at radius 2 is 1.76 bits per heavy atom. The van der Waals surface area contributed by atoms with Crippen LogP contribution in [0.1, 0.15) is 31.2 Å². The number of urea groups is 1. The van der Waals surface area contributed by atoms with Crippen molar-refractivity contribution in [3.05, 3.63) is 70.9 Å². The van der Waals surface area contributed by atoms with Gasteiger partial charge in [0.05, 0.1) is 6.54 Å². The number of nitrogens with one attached hydrogen (secondary N) is 1. The van der Waals surface area contributed by atoms with Crippen molar-refractivity contribution in [1.29, 1.82) is 0 Å². The molecule has 174 valence electrons. The Morgan fingerprint density at radius 1 is 1.03 bits per heavy atom. The summed E-state index contributed by atoms with van der Waals surface area (Å²) >= 11 is 5.92. The molecule has 0 atom stereocenters. The number of hydrogen-bond donors (Lipinski definition) is 1. The number of carbonyl (C=O) groups is 3. The van der Waals surface area contributed by atoms with Crippen LogP contribution < -0.4 is 10.1 Å². The van der Waals surface area contributed by atoms with Gasteiger partial charge >= 0.3 is 6.03 Å². The number of imide groups is 2. The van der Waals surface area contributed by atoms with Crippen molar-refractivity contribution in [3.8, 4) is 5.75 Å². The number of para-hydroxylation sites is 1. The van der Waals surface area contributed by atoms with Crippen molar-refractivity contribution in [3.63, 3.8) is 0 Å². The molecule has 0 radical (unpaired) electrons. The van der Waals surface area contributed by atoms with Gasteiger partial charge in [-0.1, -0.05) is 42.6 Å². The minimum absolute atomic E-state index is 0.0215. The van der Waals surface area contributed by atoms with Gasteiger partial charge in [0.15, 0.2) is 0 Å². The topological polar surface area (TPSA) is 80.6 Å². The van der Waals surface area contributed by atoms with Crippen LogP contribution in [0.15, 0.2) is 60.3 Å². The van der Waals surface area contributed by atoms with Gasteiger partial charge in [-0.05, 0) is 49.2 Å². The molecule has 5 rings (SSSR count). The van der Waals surface area contributed by atoms with Crippen LogP contribution in [0, 0.1) is 0 Å². The summed E-state index contributed by atoms with van der Waals surface area (Å²) in [5.74, 6) is -0.458. The molecule has 2 aliphatic rings. The van der Waals surface area contributed by atoms with E-state index in [9.17, 15) is 14.4 Å². The Morgan fingerprint density at radius 3 is 2.53 bits per heavy atom. The second kappa shape index (κ2) is 9.35. The highest BCUT2D eigenvalue weighted by Gasteiger charge is 2.40. The fourth-order valence-electron chi connectivity index (χ4n) is 4.69. The lowest BCUT2D eigenvalue weighted by Crippen LogP contribution is -2.57. The van der Waals surface area contributed by atoms with Crippen molar-refractivity contribution in [2.24, 2.45) is 0 Å². The van der Waals surface area contributed by atoms with E-state index in [0.717, 1.165) is 47.9 Å². The number of rotatable bonds is 6. The van der Waals surface area contributed by atoms with E-state index in [-0.39, 0.29) is 11.6 Å². The third-order valence-corrected chi connectivity index (χ3v) is 6.61. The summed E-state index contributed by atoms with van der Waals surface area (Å²) in [5.41, 5.74) is 1.68. The maximum absolute atomic E-state index is 13.2. The summed E-state index contributed by atoms with van der Waals surface area (Å²) in [4.78, 5) is 39.4. The summed E-state index contributed by atoms with van der Waals surface area (Å²) < 4.78 is 7.86. The molecule has 1 saturated carbocycles. The molecule has 8 heteroatoms. The van der Waals surface area contributed by atoms with Gasteiger partial charge in [-0.15, -0.1) is 0 Å². The van der Waals surface area contributed by atoms with E-state index in [1.54, 1.807) is 18.2 Å². The van der Waals surface area contributed by atoms with Gasteiger partial charge in [0.2, 0.25) is 0 Å². The lowest BCUT2D eigenvalue weighted by Gasteiger charge is -2.31. The van der Waals surface area contributed by atoms with Crippen molar-refractivity contribution in [1.82, 2.24) is 14.8 Å². The van der Waals surface area contributed by atoms with E-state index in [2.05, 4.69) is 5.32 Å². The monoisotopic (exact) mass is 477 g/mol. The summed E-state index contributed by atoms with van der Waals surface area (Å²) in [6.45, 7) is 0.999. The summed E-state index contributed by atoms with van der Waals surface area (Å²) in [6.07, 6.45) is 6.98. The minimum atomic E-state index is -0.660. The summed E-state index contributed by atoms with van der Waals surface area (Å²) in [6, 6.07) is 14.2. The molecule has 2 heterocycles. The molecule has 2 aromatic carbocycles. The Labute approximate surface area is 201 Å². The first-order valence-electron chi connectivity index (χ1n) is 11.4. The molecular weight excluding hydrogens is 454 g/mol. The average molecular weight is 478 g/mol. The van der Waals surface area contributed by atoms with Crippen LogP contribution in [0.4, 0.5) is 4.79 Å². The van der Waals surface area contributed by atoms with Gasteiger partial charge in [-0.3, -0.25) is 19.8 Å². The number of nitrogens with zero attached hydrogens (tertiary/aromatic N) is 2. The zero-order chi connectivity index (χ0) is 23.7. The average Bonchev–Trinajstić information content (AvgIpc) is 3.47. The number of aromatic nitrogens is 1. The van der Waals surface area contributed by atoms with Crippen molar-refractivity contribution >= 4 is 46.4 Å².